The van der Waals surface area contributed by atoms with Crippen molar-refractivity contribution in [2.75, 3.05) is 13.1 Å². The van der Waals surface area contributed by atoms with E-state index in [0.29, 0.717) is 17.9 Å². The summed E-state index contributed by atoms with van der Waals surface area (Å²) in [5, 5.41) is 6.15. The molecule has 0 bridgehead atoms. The molecule has 0 spiro atoms. The van der Waals surface area contributed by atoms with Gasteiger partial charge in [-0.3, -0.25) is 4.79 Å². The van der Waals surface area contributed by atoms with Crippen molar-refractivity contribution in [2.24, 2.45) is 17.8 Å². The lowest BCUT2D eigenvalue weighted by Crippen LogP contribution is -2.45. The molecule has 1 amide bonds. The molecule has 0 aromatic carbocycles. The molecule has 1 aliphatic carbocycles. The summed E-state index contributed by atoms with van der Waals surface area (Å²) in [5.41, 5.74) is 0.915. The zero-order valence-electron chi connectivity index (χ0n) is 12.3. The molecule has 0 radical (unpaired) electrons. The molecule has 3 aliphatic rings. The summed E-state index contributed by atoms with van der Waals surface area (Å²) in [6.45, 7) is 6.47. The average Bonchev–Trinajstić information content (AvgIpc) is 2.46. The minimum absolute atomic E-state index is 0.0523. The van der Waals surface area contributed by atoms with Gasteiger partial charge in [0.1, 0.15) is 0 Å². The van der Waals surface area contributed by atoms with Crippen LogP contribution >= 0.6 is 0 Å². The molecule has 1 fully saturated rings. The van der Waals surface area contributed by atoms with Crippen LogP contribution in [-0.4, -0.2) is 31.2 Å². The van der Waals surface area contributed by atoms with Crippen LogP contribution in [0.2, 0.25) is 0 Å². The van der Waals surface area contributed by atoms with Crippen LogP contribution in [0.3, 0.4) is 0 Å². The molecular weight excluding hydrogens is 252 g/mol. The summed E-state index contributed by atoms with van der Waals surface area (Å²) in [5.74, 6) is 0.897. The lowest BCUT2D eigenvalue weighted by Gasteiger charge is -2.41. The molecule has 0 saturated carbocycles. The minimum Gasteiger partial charge on any atom is -0.374 e. The van der Waals surface area contributed by atoms with E-state index >= 15 is 0 Å². The van der Waals surface area contributed by atoms with Gasteiger partial charge in [0, 0.05) is 23.6 Å². The second kappa shape index (κ2) is 5.70. The Morgan fingerprint density at radius 2 is 2.00 bits per heavy atom. The topological polar surface area (TPSA) is 50.4 Å². The third-order valence-electron chi connectivity index (χ3n) is 4.82. The Hall–Kier alpha value is -1.13. The van der Waals surface area contributed by atoms with Crippen molar-refractivity contribution in [2.45, 2.75) is 38.9 Å². The van der Waals surface area contributed by atoms with Crippen molar-refractivity contribution in [1.82, 2.24) is 10.6 Å². The normalized spacial score (nSPS) is 38.1. The van der Waals surface area contributed by atoms with Crippen LogP contribution in [0.4, 0.5) is 0 Å². The molecule has 4 heteroatoms. The Labute approximate surface area is 120 Å². The highest BCUT2D eigenvalue weighted by Crippen LogP contribution is 2.38. The van der Waals surface area contributed by atoms with E-state index in [9.17, 15) is 4.79 Å². The van der Waals surface area contributed by atoms with Gasteiger partial charge in [0.05, 0.1) is 12.2 Å². The highest BCUT2D eigenvalue weighted by atomic mass is 16.5. The summed E-state index contributed by atoms with van der Waals surface area (Å²) in [7, 11) is 0. The maximum atomic E-state index is 11.9. The molecule has 2 N–H and O–H groups in total. The van der Waals surface area contributed by atoms with E-state index in [4.69, 9.17) is 4.74 Å². The van der Waals surface area contributed by atoms with E-state index in [1.165, 1.54) is 0 Å². The summed E-state index contributed by atoms with van der Waals surface area (Å²) >= 11 is 0. The molecule has 2 heterocycles. The molecule has 0 aromatic rings. The fraction of sp³-hybridized carbons (Fsp3) is 0.688. The molecule has 3 rings (SSSR count). The smallest absolute Gasteiger partial charge is 0.251 e. The Bertz CT molecular complexity index is 438. The quantitative estimate of drug-likeness (QED) is 0.805. The second-order valence-corrected chi connectivity index (χ2v) is 6.25. The van der Waals surface area contributed by atoms with Gasteiger partial charge in [-0.1, -0.05) is 26.0 Å². The first-order valence-corrected chi connectivity index (χ1v) is 7.72. The number of nitrogens with one attached hydrogen (secondary N) is 2. The lowest BCUT2D eigenvalue weighted by molar-refractivity contribution is -0.119. The third kappa shape index (κ3) is 2.54. The number of allylic oxidation sites excluding steroid dienone is 1. The van der Waals surface area contributed by atoms with E-state index in [0.717, 1.165) is 31.5 Å². The van der Waals surface area contributed by atoms with Gasteiger partial charge in [-0.2, -0.15) is 0 Å². The van der Waals surface area contributed by atoms with Crippen molar-refractivity contribution in [1.29, 1.82) is 0 Å². The van der Waals surface area contributed by atoms with Crippen LogP contribution in [0.15, 0.2) is 23.9 Å². The highest BCUT2D eigenvalue weighted by Gasteiger charge is 2.39. The van der Waals surface area contributed by atoms with E-state index in [-0.39, 0.29) is 17.9 Å². The van der Waals surface area contributed by atoms with Crippen LogP contribution in [0.5, 0.6) is 0 Å². The maximum Gasteiger partial charge on any atom is 0.251 e. The predicted molar refractivity (Wildman–Crippen MR) is 77.9 cm³/mol. The van der Waals surface area contributed by atoms with Gasteiger partial charge in [0.2, 0.25) is 0 Å². The number of hydrogen-bond donors (Lipinski definition) is 2. The van der Waals surface area contributed by atoms with Gasteiger partial charge < -0.3 is 15.4 Å². The van der Waals surface area contributed by atoms with Gasteiger partial charge in [-0.05, 0) is 31.8 Å². The Kier molecular flexibility index (Phi) is 3.94. The van der Waals surface area contributed by atoms with Gasteiger partial charge in [-0.15, -0.1) is 0 Å². The van der Waals surface area contributed by atoms with E-state index in [1.54, 1.807) is 6.20 Å². The zero-order chi connectivity index (χ0) is 14.1. The summed E-state index contributed by atoms with van der Waals surface area (Å²) in [4.78, 5) is 11.9. The molecule has 4 atom stereocenters. The largest absolute Gasteiger partial charge is 0.374 e. The fourth-order valence-electron chi connectivity index (χ4n) is 3.67. The first-order chi connectivity index (χ1) is 9.66. The molecule has 110 valence electrons. The van der Waals surface area contributed by atoms with Gasteiger partial charge in [0.15, 0.2) is 0 Å². The number of rotatable bonds is 2. The van der Waals surface area contributed by atoms with Crippen molar-refractivity contribution in [3.63, 3.8) is 0 Å². The third-order valence-corrected chi connectivity index (χ3v) is 4.82. The van der Waals surface area contributed by atoms with E-state index in [2.05, 4.69) is 36.6 Å². The first kappa shape index (κ1) is 13.8. The minimum atomic E-state index is 0.0523. The number of carbonyl (C=O) groups excluding carboxylic acids is 1. The molecule has 0 aromatic heterocycles. The SMILES string of the molecule is CC1C=C2C(=O)NC=CC2C(C)C1OC1CCNCC1. The number of carbonyl (C=O) groups is 1. The number of ether oxygens (including phenoxy) is 1. The first-order valence-electron chi connectivity index (χ1n) is 7.72. The van der Waals surface area contributed by atoms with Crippen molar-refractivity contribution >= 4 is 5.91 Å². The highest BCUT2D eigenvalue weighted by molar-refractivity contribution is 5.96. The number of fused-ring (bicyclic) bond motifs is 1. The fourth-order valence-corrected chi connectivity index (χ4v) is 3.67. The Balaban J connectivity index is 1.76. The molecule has 4 nitrogen and oxygen atoms in total. The molecule has 2 aliphatic heterocycles. The second-order valence-electron chi connectivity index (χ2n) is 6.25. The zero-order valence-corrected chi connectivity index (χ0v) is 12.3. The molecular formula is C16H24N2O2. The van der Waals surface area contributed by atoms with Gasteiger partial charge >= 0.3 is 0 Å². The van der Waals surface area contributed by atoms with Crippen LogP contribution in [-0.2, 0) is 9.53 Å². The standard InChI is InChI=1S/C16H24N2O2/c1-10-9-14-13(5-8-18-16(14)19)11(2)15(10)20-12-3-6-17-7-4-12/h5,8-13,15,17H,3-4,6-7H2,1-2H3,(H,18,19). The lowest BCUT2D eigenvalue weighted by atomic mass is 9.72. The molecule has 20 heavy (non-hydrogen) atoms. The van der Waals surface area contributed by atoms with Crippen LogP contribution in [0.25, 0.3) is 0 Å². The van der Waals surface area contributed by atoms with Gasteiger partial charge in [-0.25, -0.2) is 0 Å². The van der Waals surface area contributed by atoms with Crippen LogP contribution < -0.4 is 10.6 Å². The number of amides is 1. The average molecular weight is 276 g/mol. The molecule has 1 saturated heterocycles. The van der Waals surface area contributed by atoms with E-state index in [1.807, 2.05) is 0 Å². The maximum absolute atomic E-state index is 11.9. The van der Waals surface area contributed by atoms with Crippen molar-refractivity contribution in [3.05, 3.63) is 23.9 Å². The monoisotopic (exact) mass is 276 g/mol. The summed E-state index contributed by atoms with van der Waals surface area (Å²) in [6, 6.07) is 0. The summed E-state index contributed by atoms with van der Waals surface area (Å²) in [6.07, 6.45) is 8.74. The van der Waals surface area contributed by atoms with Crippen molar-refractivity contribution in [3.8, 4) is 0 Å². The van der Waals surface area contributed by atoms with E-state index < -0.39 is 0 Å². The number of piperidine rings is 1. The summed E-state index contributed by atoms with van der Waals surface area (Å²) < 4.78 is 6.39. The van der Waals surface area contributed by atoms with Crippen LogP contribution in [0, 0.1) is 17.8 Å². The molecule has 4 unspecified atom stereocenters. The predicted octanol–water partition coefficient (Wildman–Crippen LogP) is 1.60. The number of hydrogen-bond acceptors (Lipinski definition) is 3. The Morgan fingerprint density at radius 3 is 2.75 bits per heavy atom. The van der Waals surface area contributed by atoms with Crippen molar-refractivity contribution < 1.29 is 9.53 Å². The Morgan fingerprint density at radius 1 is 1.25 bits per heavy atom. The van der Waals surface area contributed by atoms with Crippen LogP contribution in [0.1, 0.15) is 26.7 Å². The van der Waals surface area contributed by atoms with Gasteiger partial charge in [0.25, 0.3) is 5.91 Å².